The fraction of sp³-hybridized carbons (Fsp3) is 0.364. The summed E-state index contributed by atoms with van der Waals surface area (Å²) in [5.74, 6) is -1.09. The highest BCUT2D eigenvalue weighted by Gasteiger charge is 2.31. The predicted molar refractivity (Wildman–Crippen MR) is 72.0 cm³/mol. The maximum atomic E-state index is 11.9. The predicted octanol–water partition coefficient (Wildman–Crippen LogP) is 1.61. The normalized spacial score (nSPS) is 16.1. The number of rotatable bonds is 3. The lowest BCUT2D eigenvalue weighted by Crippen LogP contribution is -2.41. The highest BCUT2D eigenvalue weighted by atomic mass is 79.9. The number of carbonyl (C=O) groups excluding carboxylic acids is 3. The lowest BCUT2D eigenvalue weighted by atomic mass is 10.3. The van der Waals surface area contributed by atoms with E-state index in [2.05, 4.69) is 21.2 Å². The molecule has 8 heteroatoms. The monoisotopic (exact) mass is 346 g/mol. The number of nitrogens with one attached hydrogen (secondary N) is 1. The van der Waals surface area contributed by atoms with Gasteiger partial charge in [-0.3, -0.25) is 9.69 Å². The van der Waals surface area contributed by atoms with Gasteiger partial charge in [0.05, 0.1) is 3.79 Å². The number of esters is 1. The number of urea groups is 1. The third-order valence-corrected chi connectivity index (χ3v) is 4.13. The van der Waals surface area contributed by atoms with Crippen molar-refractivity contribution >= 4 is 45.2 Å². The molecule has 19 heavy (non-hydrogen) atoms. The van der Waals surface area contributed by atoms with Crippen LogP contribution in [0.4, 0.5) is 4.79 Å². The summed E-state index contributed by atoms with van der Waals surface area (Å²) < 4.78 is 5.85. The molecule has 1 aromatic rings. The second-order valence-electron chi connectivity index (χ2n) is 3.87. The number of amides is 3. The third-order valence-electron chi connectivity index (χ3n) is 2.53. The molecular weight excluding hydrogens is 336 g/mol. The van der Waals surface area contributed by atoms with Crippen LogP contribution in [0.2, 0.25) is 0 Å². The quantitative estimate of drug-likeness (QED) is 0.843. The molecule has 102 valence electrons. The standard InChI is InChI=1S/C11H11BrN2O4S/c1-6(9(15)14-5-4-13-11(14)17)18-10(16)7-2-3-8(12)19-7/h2-3,6H,4-5H2,1H3,(H,13,17). The van der Waals surface area contributed by atoms with E-state index in [0.717, 1.165) is 8.69 Å². The lowest BCUT2D eigenvalue weighted by Gasteiger charge is -2.17. The summed E-state index contributed by atoms with van der Waals surface area (Å²) in [5, 5.41) is 2.52. The van der Waals surface area contributed by atoms with Crippen molar-refractivity contribution in [1.29, 1.82) is 0 Å². The molecule has 1 unspecified atom stereocenters. The summed E-state index contributed by atoms with van der Waals surface area (Å²) in [6.45, 7) is 2.17. The molecule has 0 aliphatic carbocycles. The Balaban J connectivity index is 1.97. The summed E-state index contributed by atoms with van der Waals surface area (Å²) in [5.41, 5.74) is 0. The summed E-state index contributed by atoms with van der Waals surface area (Å²) in [6, 6.07) is 2.88. The largest absolute Gasteiger partial charge is 0.448 e. The summed E-state index contributed by atoms with van der Waals surface area (Å²) in [6.07, 6.45) is -0.989. The van der Waals surface area contributed by atoms with Gasteiger partial charge in [0.25, 0.3) is 5.91 Å². The number of nitrogens with zero attached hydrogens (tertiary/aromatic N) is 1. The van der Waals surface area contributed by atoms with Gasteiger partial charge in [-0.1, -0.05) is 0 Å². The van der Waals surface area contributed by atoms with Crippen molar-refractivity contribution in [1.82, 2.24) is 10.2 Å². The second-order valence-corrected chi connectivity index (χ2v) is 6.34. The van der Waals surface area contributed by atoms with Crippen LogP contribution in [0, 0.1) is 0 Å². The molecule has 0 radical (unpaired) electrons. The van der Waals surface area contributed by atoms with Crippen molar-refractivity contribution in [3.8, 4) is 0 Å². The Morgan fingerprint density at radius 2 is 2.26 bits per heavy atom. The number of carbonyl (C=O) groups is 3. The van der Waals surface area contributed by atoms with Crippen LogP contribution in [-0.2, 0) is 9.53 Å². The minimum atomic E-state index is -0.989. The smallest absolute Gasteiger partial charge is 0.349 e. The van der Waals surface area contributed by atoms with Crippen LogP contribution in [0.5, 0.6) is 0 Å². The first-order valence-electron chi connectivity index (χ1n) is 5.54. The highest BCUT2D eigenvalue weighted by Crippen LogP contribution is 2.23. The van der Waals surface area contributed by atoms with Crippen molar-refractivity contribution < 1.29 is 19.1 Å². The molecule has 0 aromatic carbocycles. The molecule has 1 atom stereocenters. The number of ether oxygens (including phenoxy) is 1. The minimum absolute atomic E-state index is 0.296. The van der Waals surface area contributed by atoms with Gasteiger partial charge in [0.1, 0.15) is 4.88 Å². The third kappa shape index (κ3) is 3.13. The molecule has 2 heterocycles. The van der Waals surface area contributed by atoms with Gasteiger partial charge >= 0.3 is 12.0 Å². The van der Waals surface area contributed by atoms with Crippen LogP contribution < -0.4 is 5.32 Å². The topological polar surface area (TPSA) is 75.7 Å². The van der Waals surface area contributed by atoms with E-state index >= 15 is 0 Å². The van der Waals surface area contributed by atoms with E-state index in [4.69, 9.17) is 4.74 Å². The van der Waals surface area contributed by atoms with Crippen molar-refractivity contribution in [2.24, 2.45) is 0 Å². The van der Waals surface area contributed by atoms with Gasteiger partial charge in [-0.2, -0.15) is 0 Å². The maximum Gasteiger partial charge on any atom is 0.349 e. The first-order valence-corrected chi connectivity index (χ1v) is 7.15. The van der Waals surface area contributed by atoms with Gasteiger partial charge in [-0.15, -0.1) is 11.3 Å². The average molecular weight is 347 g/mol. The van der Waals surface area contributed by atoms with E-state index in [9.17, 15) is 14.4 Å². The van der Waals surface area contributed by atoms with Crippen LogP contribution in [0.25, 0.3) is 0 Å². The van der Waals surface area contributed by atoms with E-state index in [1.807, 2.05) is 0 Å². The van der Waals surface area contributed by atoms with Gasteiger partial charge in [0, 0.05) is 13.1 Å². The Hall–Kier alpha value is -1.41. The molecule has 1 N–H and O–H groups in total. The number of imide groups is 1. The maximum absolute atomic E-state index is 11.9. The number of hydrogen-bond acceptors (Lipinski definition) is 5. The molecule has 0 saturated carbocycles. The van der Waals surface area contributed by atoms with E-state index < -0.39 is 24.0 Å². The van der Waals surface area contributed by atoms with Gasteiger partial charge in [-0.25, -0.2) is 9.59 Å². The van der Waals surface area contributed by atoms with Crippen molar-refractivity contribution in [3.63, 3.8) is 0 Å². The Kier molecular flexibility index (Phi) is 4.20. The fourth-order valence-corrected chi connectivity index (χ4v) is 2.86. The molecule has 0 spiro atoms. The van der Waals surface area contributed by atoms with Crippen molar-refractivity contribution in [2.75, 3.05) is 13.1 Å². The van der Waals surface area contributed by atoms with Gasteiger partial charge < -0.3 is 10.1 Å². The molecular formula is C11H11BrN2O4S. The van der Waals surface area contributed by atoms with Crippen LogP contribution in [0.15, 0.2) is 15.9 Å². The Bertz CT molecular complexity index is 531. The first kappa shape index (κ1) is 14.0. The van der Waals surface area contributed by atoms with E-state index in [0.29, 0.717) is 18.0 Å². The van der Waals surface area contributed by atoms with Crippen molar-refractivity contribution in [3.05, 3.63) is 20.8 Å². The molecule has 3 amide bonds. The number of thiophene rings is 1. The second kappa shape index (κ2) is 5.70. The molecule has 0 bridgehead atoms. The molecule has 1 aromatic heterocycles. The van der Waals surface area contributed by atoms with Crippen LogP contribution in [0.3, 0.4) is 0 Å². The summed E-state index contributed by atoms with van der Waals surface area (Å²) >= 11 is 4.46. The zero-order valence-corrected chi connectivity index (χ0v) is 12.4. The molecule has 2 rings (SSSR count). The van der Waals surface area contributed by atoms with Crippen LogP contribution >= 0.6 is 27.3 Å². The zero-order valence-electron chi connectivity index (χ0n) is 10.0. The Labute approximate surface area is 121 Å². The summed E-state index contributed by atoms with van der Waals surface area (Å²) in [4.78, 5) is 36.4. The molecule has 6 nitrogen and oxygen atoms in total. The van der Waals surface area contributed by atoms with E-state index in [1.54, 1.807) is 12.1 Å². The number of halogens is 1. The first-order chi connectivity index (χ1) is 8.99. The highest BCUT2D eigenvalue weighted by molar-refractivity contribution is 9.11. The molecule has 1 aliphatic heterocycles. The van der Waals surface area contributed by atoms with Gasteiger partial charge in [-0.05, 0) is 35.0 Å². The SMILES string of the molecule is CC(OC(=O)c1ccc(Br)s1)C(=O)N1CCNC1=O. The van der Waals surface area contributed by atoms with Gasteiger partial charge in [0.2, 0.25) is 0 Å². The number of hydrogen-bond donors (Lipinski definition) is 1. The van der Waals surface area contributed by atoms with Gasteiger partial charge in [0.15, 0.2) is 6.10 Å². The average Bonchev–Trinajstić information content (AvgIpc) is 2.97. The van der Waals surface area contributed by atoms with Crippen LogP contribution in [-0.4, -0.2) is 42.0 Å². The minimum Gasteiger partial charge on any atom is -0.448 e. The fourth-order valence-electron chi connectivity index (χ4n) is 1.59. The van der Waals surface area contributed by atoms with E-state index in [-0.39, 0.29) is 0 Å². The zero-order chi connectivity index (χ0) is 14.0. The summed E-state index contributed by atoms with van der Waals surface area (Å²) in [7, 11) is 0. The van der Waals surface area contributed by atoms with Crippen molar-refractivity contribution in [2.45, 2.75) is 13.0 Å². The molecule has 1 fully saturated rings. The van der Waals surface area contributed by atoms with E-state index in [1.165, 1.54) is 18.3 Å². The molecule has 1 aliphatic rings. The molecule has 1 saturated heterocycles. The Morgan fingerprint density at radius 1 is 1.53 bits per heavy atom. The lowest BCUT2D eigenvalue weighted by molar-refractivity contribution is -0.135. The Morgan fingerprint density at radius 3 is 2.79 bits per heavy atom. The van der Waals surface area contributed by atoms with Crippen LogP contribution in [0.1, 0.15) is 16.6 Å².